The second kappa shape index (κ2) is 8.70. The van der Waals surface area contributed by atoms with Crippen LogP contribution >= 0.6 is 11.3 Å². The van der Waals surface area contributed by atoms with Gasteiger partial charge in [0, 0.05) is 16.4 Å². The topological polar surface area (TPSA) is 59.4 Å². The number of thiazole rings is 1. The van der Waals surface area contributed by atoms with Gasteiger partial charge in [0.05, 0.1) is 24.3 Å². The highest BCUT2D eigenvalue weighted by Gasteiger charge is 2.30. The molecule has 4 rings (SSSR count). The number of carbonyl (C=O) groups is 1. The molecule has 31 heavy (non-hydrogen) atoms. The van der Waals surface area contributed by atoms with Crippen molar-refractivity contribution >= 4 is 17.3 Å². The Morgan fingerprint density at radius 3 is 2.68 bits per heavy atom. The molecule has 0 bridgehead atoms. The molecule has 1 aromatic heterocycles. The van der Waals surface area contributed by atoms with Gasteiger partial charge in [-0.15, -0.1) is 11.3 Å². The fourth-order valence-electron chi connectivity index (χ4n) is 3.71. The zero-order valence-electron chi connectivity index (χ0n) is 16.5. The quantitative estimate of drug-likeness (QED) is 0.507. The van der Waals surface area contributed by atoms with Crippen molar-refractivity contribution in [2.75, 3.05) is 6.61 Å². The molecule has 0 saturated heterocycles. The Balaban J connectivity index is 1.49. The van der Waals surface area contributed by atoms with Gasteiger partial charge in [0.25, 0.3) is 0 Å². The molecule has 3 aromatic rings. The second-order valence-corrected chi connectivity index (χ2v) is 8.60. The van der Waals surface area contributed by atoms with Gasteiger partial charge in [0.15, 0.2) is 0 Å². The van der Waals surface area contributed by atoms with E-state index in [0.29, 0.717) is 28.5 Å². The van der Waals surface area contributed by atoms with Crippen LogP contribution in [-0.2, 0) is 23.8 Å². The zero-order valence-corrected chi connectivity index (χ0v) is 17.3. The number of fused-ring (bicyclic) bond motifs is 1. The van der Waals surface area contributed by atoms with E-state index in [1.807, 2.05) is 0 Å². The summed E-state index contributed by atoms with van der Waals surface area (Å²) in [4.78, 5) is 16.8. The molecule has 0 saturated carbocycles. The molecule has 2 aromatic carbocycles. The molecular formula is C23H20F3NO3S. The lowest BCUT2D eigenvalue weighted by molar-refractivity contribution is -0.138. The molecule has 1 heterocycles. The summed E-state index contributed by atoms with van der Waals surface area (Å²) in [5, 5.41) is 9.67. The fraction of sp³-hybridized carbons (Fsp3) is 0.304. The summed E-state index contributed by atoms with van der Waals surface area (Å²) >= 11 is 1.52. The van der Waals surface area contributed by atoms with Crippen molar-refractivity contribution in [1.82, 2.24) is 4.98 Å². The van der Waals surface area contributed by atoms with Gasteiger partial charge in [-0.3, -0.25) is 4.79 Å². The van der Waals surface area contributed by atoms with Crippen molar-refractivity contribution < 1.29 is 27.8 Å². The number of hydrogen-bond donors (Lipinski definition) is 1. The van der Waals surface area contributed by atoms with Gasteiger partial charge < -0.3 is 9.84 Å². The van der Waals surface area contributed by atoms with Gasteiger partial charge in [-0.05, 0) is 49.1 Å². The first-order valence-electron chi connectivity index (χ1n) is 9.90. The van der Waals surface area contributed by atoms with E-state index in [0.717, 1.165) is 42.0 Å². The molecule has 1 N–H and O–H groups in total. The predicted octanol–water partition coefficient (Wildman–Crippen LogP) is 5.95. The highest BCUT2D eigenvalue weighted by atomic mass is 32.1. The number of carboxylic acid groups (broad SMARTS) is 1. The van der Waals surface area contributed by atoms with Gasteiger partial charge in [-0.2, -0.15) is 13.2 Å². The lowest BCUT2D eigenvalue weighted by Crippen LogP contribution is -2.16. The number of aromatic nitrogens is 1. The summed E-state index contributed by atoms with van der Waals surface area (Å²) in [6, 6.07) is 12.1. The van der Waals surface area contributed by atoms with Crippen LogP contribution in [0.15, 0.2) is 48.5 Å². The van der Waals surface area contributed by atoms with Crippen molar-refractivity contribution in [2.45, 2.75) is 37.8 Å². The Kier molecular flexibility index (Phi) is 6.00. The van der Waals surface area contributed by atoms with E-state index in [1.54, 1.807) is 24.3 Å². The van der Waals surface area contributed by atoms with Crippen LogP contribution in [0.4, 0.5) is 13.2 Å². The van der Waals surface area contributed by atoms with Gasteiger partial charge in [0.2, 0.25) is 0 Å². The monoisotopic (exact) mass is 447 g/mol. The third-order valence-corrected chi connectivity index (χ3v) is 6.41. The number of ether oxygens (including phenoxy) is 1. The third kappa shape index (κ3) is 5.07. The minimum absolute atomic E-state index is 0.0622. The number of carboxylic acids is 1. The van der Waals surface area contributed by atoms with Gasteiger partial charge in [-0.1, -0.05) is 24.3 Å². The first-order chi connectivity index (χ1) is 14.8. The standard InChI is InChI=1S/C23H20F3NO3S/c24-23(25,26)17-9-7-15(8-10-17)22-27-21-16(4-2-6-19(21)31-22)13-30-18-5-1-3-14(11-18)12-20(28)29/h1,3,5,7-11,16H,2,4,6,12-13H2,(H,28,29). The summed E-state index contributed by atoms with van der Waals surface area (Å²) in [6.45, 7) is 0.416. The Hall–Kier alpha value is -2.87. The summed E-state index contributed by atoms with van der Waals surface area (Å²) in [5.74, 6) is -0.192. The average Bonchev–Trinajstić information content (AvgIpc) is 3.16. The summed E-state index contributed by atoms with van der Waals surface area (Å²) in [6.07, 6.45) is -1.61. The number of alkyl halides is 3. The van der Waals surface area contributed by atoms with E-state index in [2.05, 4.69) is 0 Å². The molecule has 8 heteroatoms. The molecule has 0 amide bonds. The smallest absolute Gasteiger partial charge is 0.416 e. The second-order valence-electron chi connectivity index (χ2n) is 7.52. The lowest BCUT2D eigenvalue weighted by Gasteiger charge is -2.21. The molecule has 0 fully saturated rings. The Bertz CT molecular complexity index is 1080. The van der Waals surface area contributed by atoms with E-state index < -0.39 is 17.7 Å². The molecule has 0 aliphatic heterocycles. The SMILES string of the molecule is O=C(O)Cc1cccc(OCC2CCCc3sc(-c4ccc(C(F)(F)F)cc4)nc32)c1. The van der Waals surface area contributed by atoms with E-state index in [4.69, 9.17) is 14.8 Å². The van der Waals surface area contributed by atoms with Crippen molar-refractivity contribution in [3.63, 3.8) is 0 Å². The zero-order chi connectivity index (χ0) is 22.0. The first kappa shape index (κ1) is 21.4. The van der Waals surface area contributed by atoms with Gasteiger partial charge >= 0.3 is 12.1 Å². The molecule has 1 atom stereocenters. The van der Waals surface area contributed by atoms with Crippen molar-refractivity contribution in [3.05, 3.63) is 70.2 Å². The van der Waals surface area contributed by atoms with E-state index in [9.17, 15) is 18.0 Å². The number of nitrogens with zero attached hydrogens (tertiary/aromatic N) is 1. The number of halogens is 3. The number of aryl methyl sites for hydroxylation is 1. The molecule has 1 aliphatic carbocycles. The van der Waals surface area contributed by atoms with Crippen LogP contribution in [0, 0.1) is 0 Å². The summed E-state index contributed by atoms with van der Waals surface area (Å²) < 4.78 is 44.4. The first-order valence-corrected chi connectivity index (χ1v) is 10.7. The molecule has 162 valence electrons. The maximum absolute atomic E-state index is 12.8. The highest BCUT2D eigenvalue weighted by Crippen LogP contribution is 2.39. The number of benzene rings is 2. The van der Waals surface area contributed by atoms with Crippen LogP contribution in [0.5, 0.6) is 5.75 Å². The molecule has 1 aliphatic rings. The number of rotatable bonds is 6. The predicted molar refractivity (Wildman–Crippen MR) is 112 cm³/mol. The Morgan fingerprint density at radius 1 is 1.19 bits per heavy atom. The maximum atomic E-state index is 12.8. The van der Waals surface area contributed by atoms with Crippen LogP contribution in [-0.4, -0.2) is 22.7 Å². The Labute approximate surface area is 181 Å². The minimum atomic E-state index is -4.36. The van der Waals surface area contributed by atoms with Gasteiger partial charge in [-0.25, -0.2) is 4.98 Å². The molecule has 0 spiro atoms. The maximum Gasteiger partial charge on any atom is 0.416 e. The third-order valence-electron chi connectivity index (χ3n) is 5.23. The number of aliphatic carboxylic acids is 1. The van der Waals surface area contributed by atoms with Gasteiger partial charge in [0.1, 0.15) is 10.8 Å². The van der Waals surface area contributed by atoms with Crippen LogP contribution in [0.1, 0.15) is 40.5 Å². The van der Waals surface area contributed by atoms with Crippen molar-refractivity contribution in [1.29, 1.82) is 0 Å². The average molecular weight is 447 g/mol. The molecular weight excluding hydrogens is 427 g/mol. The summed E-state index contributed by atoms with van der Waals surface area (Å²) in [7, 11) is 0. The molecule has 4 nitrogen and oxygen atoms in total. The minimum Gasteiger partial charge on any atom is -0.493 e. The van der Waals surface area contributed by atoms with E-state index >= 15 is 0 Å². The van der Waals surface area contributed by atoms with Crippen molar-refractivity contribution in [2.24, 2.45) is 0 Å². The lowest BCUT2D eigenvalue weighted by atomic mass is 9.92. The highest BCUT2D eigenvalue weighted by molar-refractivity contribution is 7.15. The van der Waals surface area contributed by atoms with Crippen molar-refractivity contribution in [3.8, 4) is 16.3 Å². The van der Waals surface area contributed by atoms with Crippen LogP contribution in [0.2, 0.25) is 0 Å². The molecule has 0 radical (unpaired) electrons. The van der Waals surface area contributed by atoms with Crippen LogP contribution < -0.4 is 4.74 Å². The Morgan fingerprint density at radius 2 is 1.97 bits per heavy atom. The largest absolute Gasteiger partial charge is 0.493 e. The normalized spacial score (nSPS) is 16.0. The van der Waals surface area contributed by atoms with E-state index in [-0.39, 0.29) is 12.3 Å². The van der Waals surface area contributed by atoms with Crippen LogP contribution in [0.25, 0.3) is 10.6 Å². The van der Waals surface area contributed by atoms with E-state index in [1.165, 1.54) is 23.5 Å². The van der Waals surface area contributed by atoms with Crippen LogP contribution in [0.3, 0.4) is 0 Å². The summed E-state index contributed by atoms with van der Waals surface area (Å²) in [5.41, 5.74) is 1.63. The number of hydrogen-bond acceptors (Lipinski definition) is 4. The molecule has 1 unspecified atom stereocenters. The fourth-order valence-corrected chi connectivity index (χ4v) is 4.91.